The standard InChI is InChI=1S/C9H15BrN4/c1-6-8(10)9(11)13-7(12-6)4-5-14(2)3/h4-5H2,1-3H3,(H2,11,12,13). The Morgan fingerprint density at radius 3 is 2.50 bits per heavy atom. The van der Waals surface area contributed by atoms with Gasteiger partial charge in [0.15, 0.2) is 0 Å². The van der Waals surface area contributed by atoms with E-state index in [0.717, 1.165) is 29.0 Å². The molecule has 0 radical (unpaired) electrons. The van der Waals surface area contributed by atoms with Crippen LogP contribution in [0, 0.1) is 6.92 Å². The van der Waals surface area contributed by atoms with Crippen molar-refractivity contribution in [2.24, 2.45) is 0 Å². The highest BCUT2D eigenvalue weighted by atomic mass is 79.9. The summed E-state index contributed by atoms with van der Waals surface area (Å²) in [6, 6.07) is 0. The molecule has 0 aliphatic carbocycles. The smallest absolute Gasteiger partial charge is 0.141 e. The number of aryl methyl sites for hydroxylation is 1. The van der Waals surface area contributed by atoms with E-state index in [-0.39, 0.29) is 0 Å². The van der Waals surface area contributed by atoms with Crippen LogP contribution in [0.25, 0.3) is 0 Å². The van der Waals surface area contributed by atoms with Crippen molar-refractivity contribution in [3.63, 3.8) is 0 Å². The minimum absolute atomic E-state index is 0.520. The molecule has 0 saturated heterocycles. The average molecular weight is 259 g/mol. The first kappa shape index (κ1) is 11.4. The summed E-state index contributed by atoms with van der Waals surface area (Å²) in [5.41, 5.74) is 6.61. The largest absolute Gasteiger partial charge is 0.383 e. The van der Waals surface area contributed by atoms with Crippen LogP contribution in [0.4, 0.5) is 5.82 Å². The molecule has 0 aromatic carbocycles. The zero-order valence-electron chi connectivity index (χ0n) is 8.71. The van der Waals surface area contributed by atoms with Crippen LogP contribution in [0.1, 0.15) is 11.5 Å². The summed E-state index contributed by atoms with van der Waals surface area (Å²) < 4.78 is 0.797. The molecule has 1 aromatic rings. The summed E-state index contributed by atoms with van der Waals surface area (Å²) in [5.74, 6) is 1.32. The topological polar surface area (TPSA) is 55.0 Å². The molecule has 0 fully saturated rings. The van der Waals surface area contributed by atoms with Gasteiger partial charge in [0, 0.05) is 13.0 Å². The van der Waals surface area contributed by atoms with Crippen LogP contribution in [0.3, 0.4) is 0 Å². The first-order valence-corrected chi connectivity index (χ1v) is 5.23. The lowest BCUT2D eigenvalue weighted by Crippen LogP contribution is -2.17. The van der Waals surface area contributed by atoms with Gasteiger partial charge in [0.05, 0.1) is 10.2 Å². The highest BCUT2D eigenvalue weighted by Gasteiger charge is 2.06. The Morgan fingerprint density at radius 2 is 2.00 bits per heavy atom. The summed E-state index contributed by atoms with van der Waals surface area (Å²) in [4.78, 5) is 10.6. The predicted molar refractivity (Wildman–Crippen MR) is 61.1 cm³/mol. The summed E-state index contributed by atoms with van der Waals surface area (Å²) in [5, 5.41) is 0. The minimum Gasteiger partial charge on any atom is -0.383 e. The van der Waals surface area contributed by atoms with Gasteiger partial charge in [0.2, 0.25) is 0 Å². The van der Waals surface area contributed by atoms with Crippen LogP contribution < -0.4 is 5.73 Å². The van der Waals surface area contributed by atoms with Crippen LogP contribution in [0.2, 0.25) is 0 Å². The predicted octanol–water partition coefficient (Wildman–Crippen LogP) is 1.23. The molecule has 0 saturated carbocycles. The van der Waals surface area contributed by atoms with Gasteiger partial charge in [0.25, 0.3) is 0 Å². The third-order valence-corrected chi connectivity index (χ3v) is 2.85. The number of anilines is 1. The lowest BCUT2D eigenvalue weighted by molar-refractivity contribution is 0.409. The van der Waals surface area contributed by atoms with Gasteiger partial charge in [-0.2, -0.15) is 0 Å². The van der Waals surface area contributed by atoms with E-state index in [1.807, 2.05) is 21.0 Å². The van der Waals surface area contributed by atoms with Gasteiger partial charge in [0.1, 0.15) is 11.6 Å². The van der Waals surface area contributed by atoms with Crippen molar-refractivity contribution in [3.8, 4) is 0 Å². The Hall–Kier alpha value is -0.680. The maximum Gasteiger partial charge on any atom is 0.141 e. The van der Waals surface area contributed by atoms with Crippen molar-refractivity contribution in [1.29, 1.82) is 0 Å². The molecular weight excluding hydrogens is 244 g/mol. The van der Waals surface area contributed by atoms with Crippen molar-refractivity contribution in [2.45, 2.75) is 13.3 Å². The van der Waals surface area contributed by atoms with Gasteiger partial charge in [-0.3, -0.25) is 0 Å². The quantitative estimate of drug-likeness (QED) is 0.887. The first-order chi connectivity index (χ1) is 6.50. The third-order valence-electron chi connectivity index (χ3n) is 1.87. The SMILES string of the molecule is Cc1nc(CCN(C)C)nc(N)c1Br. The summed E-state index contributed by atoms with van der Waals surface area (Å²) >= 11 is 3.33. The fraction of sp³-hybridized carbons (Fsp3) is 0.556. The van der Waals surface area contributed by atoms with Gasteiger partial charge in [-0.25, -0.2) is 9.97 Å². The van der Waals surface area contributed by atoms with E-state index in [1.165, 1.54) is 0 Å². The van der Waals surface area contributed by atoms with Crippen LogP contribution >= 0.6 is 15.9 Å². The van der Waals surface area contributed by atoms with Gasteiger partial charge in [-0.05, 0) is 36.9 Å². The molecule has 14 heavy (non-hydrogen) atoms. The van der Waals surface area contributed by atoms with Crippen LogP contribution in [0.15, 0.2) is 4.47 Å². The minimum atomic E-state index is 0.520. The van der Waals surface area contributed by atoms with E-state index in [1.54, 1.807) is 0 Å². The van der Waals surface area contributed by atoms with E-state index < -0.39 is 0 Å². The van der Waals surface area contributed by atoms with Crippen molar-refractivity contribution in [1.82, 2.24) is 14.9 Å². The van der Waals surface area contributed by atoms with Crippen molar-refractivity contribution < 1.29 is 0 Å². The van der Waals surface area contributed by atoms with Crippen LogP contribution in [-0.2, 0) is 6.42 Å². The fourth-order valence-electron chi connectivity index (χ4n) is 1.08. The fourth-order valence-corrected chi connectivity index (χ4v) is 1.25. The zero-order valence-corrected chi connectivity index (χ0v) is 10.3. The van der Waals surface area contributed by atoms with Gasteiger partial charge < -0.3 is 10.6 Å². The highest BCUT2D eigenvalue weighted by Crippen LogP contribution is 2.19. The van der Waals surface area contributed by atoms with E-state index in [2.05, 4.69) is 30.8 Å². The number of aromatic nitrogens is 2. The number of nitrogen functional groups attached to an aromatic ring is 1. The molecule has 0 unspecified atom stereocenters. The Morgan fingerprint density at radius 1 is 1.36 bits per heavy atom. The second kappa shape index (κ2) is 4.70. The molecule has 0 amide bonds. The Labute approximate surface area is 92.7 Å². The maximum absolute atomic E-state index is 5.72. The first-order valence-electron chi connectivity index (χ1n) is 4.44. The molecule has 4 nitrogen and oxygen atoms in total. The van der Waals surface area contributed by atoms with Crippen LogP contribution in [0.5, 0.6) is 0 Å². The lowest BCUT2D eigenvalue weighted by Gasteiger charge is -2.09. The summed E-state index contributed by atoms with van der Waals surface area (Å²) in [7, 11) is 4.05. The maximum atomic E-state index is 5.72. The lowest BCUT2D eigenvalue weighted by atomic mass is 10.3. The molecule has 0 aliphatic rings. The zero-order chi connectivity index (χ0) is 10.7. The second-order valence-corrected chi connectivity index (χ2v) is 4.27. The monoisotopic (exact) mass is 258 g/mol. The molecule has 5 heteroatoms. The Bertz CT molecular complexity index is 302. The number of hydrogen-bond donors (Lipinski definition) is 1. The molecule has 2 N–H and O–H groups in total. The number of rotatable bonds is 3. The second-order valence-electron chi connectivity index (χ2n) is 3.48. The molecule has 0 spiro atoms. The Balaban J connectivity index is 2.79. The van der Waals surface area contributed by atoms with Crippen molar-refractivity contribution in [3.05, 3.63) is 16.0 Å². The van der Waals surface area contributed by atoms with E-state index in [0.29, 0.717) is 5.82 Å². The van der Waals surface area contributed by atoms with E-state index in [4.69, 9.17) is 5.73 Å². The van der Waals surface area contributed by atoms with Crippen molar-refractivity contribution >= 4 is 21.7 Å². The van der Waals surface area contributed by atoms with Gasteiger partial charge in [-0.15, -0.1) is 0 Å². The third kappa shape index (κ3) is 2.92. The van der Waals surface area contributed by atoms with Gasteiger partial charge >= 0.3 is 0 Å². The molecule has 1 aromatic heterocycles. The summed E-state index contributed by atoms with van der Waals surface area (Å²) in [6.45, 7) is 2.85. The normalized spacial score (nSPS) is 10.9. The van der Waals surface area contributed by atoms with Crippen LogP contribution in [-0.4, -0.2) is 35.5 Å². The number of halogens is 1. The number of likely N-dealkylation sites (N-methyl/N-ethyl adjacent to an activating group) is 1. The molecule has 0 aliphatic heterocycles. The molecular formula is C9H15BrN4. The molecule has 1 rings (SSSR count). The Kier molecular flexibility index (Phi) is 3.83. The number of nitrogens with zero attached hydrogens (tertiary/aromatic N) is 3. The number of nitrogens with two attached hydrogens (primary N) is 1. The summed E-state index contributed by atoms with van der Waals surface area (Å²) in [6.07, 6.45) is 0.825. The van der Waals surface area contributed by atoms with Crippen molar-refractivity contribution in [2.75, 3.05) is 26.4 Å². The van der Waals surface area contributed by atoms with E-state index >= 15 is 0 Å². The molecule has 0 bridgehead atoms. The molecule has 78 valence electrons. The molecule has 0 atom stereocenters. The van der Waals surface area contributed by atoms with E-state index in [9.17, 15) is 0 Å². The van der Waals surface area contributed by atoms with Gasteiger partial charge in [-0.1, -0.05) is 0 Å². The highest BCUT2D eigenvalue weighted by molar-refractivity contribution is 9.10. The average Bonchev–Trinajstić information content (AvgIpc) is 2.10. The number of hydrogen-bond acceptors (Lipinski definition) is 4. The molecule has 1 heterocycles.